The zero-order valence-electron chi connectivity index (χ0n) is 17.4. The standard InChI is InChI=1S/C24H24N2O4/c1-15-13-16(2)21(17(3)14-15)26-22(27)18(4)29-24(28)20-11-8-12-25-23(20)30-19-9-6-5-7-10-19/h5-14,18H,1-4H3,(H,26,27). The van der Waals surface area contributed by atoms with Crippen molar-refractivity contribution in [2.45, 2.75) is 33.8 Å². The van der Waals surface area contributed by atoms with E-state index < -0.39 is 18.0 Å². The van der Waals surface area contributed by atoms with Gasteiger partial charge in [0.25, 0.3) is 5.91 Å². The number of anilines is 1. The lowest BCUT2D eigenvalue weighted by atomic mass is 10.0. The fourth-order valence-electron chi connectivity index (χ4n) is 3.11. The van der Waals surface area contributed by atoms with Gasteiger partial charge in [0, 0.05) is 11.9 Å². The van der Waals surface area contributed by atoms with E-state index in [1.165, 1.54) is 13.1 Å². The average Bonchev–Trinajstić information content (AvgIpc) is 2.71. The summed E-state index contributed by atoms with van der Waals surface area (Å²) in [5.41, 5.74) is 3.88. The number of esters is 1. The van der Waals surface area contributed by atoms with Crippen LogP contribution in [0.25, 0.3) is 0 Å². The number of ether oxygens (including phenoxy) is 2. The highest BCUT2D eigenvalue weighted by atomic mass is 16.6. The number of amides is 1. The number of nitrogens with zero attached hydrogens (tertiary/aromatic N) is 1. The number of carbonyl (C=O) groups excluding carboxylic acids is 2. The average molecular weight is 404 g/mol. The van der Waals surface area contributed by atoms with E-state index in [1.807, 2.05) is 51.1 Å². The van der Waals surface area contributed by atoms with Crippen LogP contribution in [0.5, 0.6) is 11.6 Å². The summed E-state index contributed by atoms with van der Waals surface area (Å²) in [7, 11) is 0. The Hall–Kier alpha value is -3.67. The number of pyridine rings is 1. The van der Waals surface area contributed by atoms with E-state index >= 15 is 0 Å². The molecule has 0 aliphatic carbocycles. The van der Waals surface area contributed by atoms with Crippen LogP contribution in [0, 0.1) is 20.8 Å². The van der Waals surface area contributed by atoms with Gasteiger partial charge in [0.2, 0.25) is 5.88 Å². The van der Waals surface area contributed by atoms with Crippen molar-refractivity contribution >= 4 is 17.6 Å². The zero-order valence-corrected chi connectivity index (χ0v) is 17.4. The number of aromatic nitrogens is 1. The summed E-state index contributed by atoms with van der Waals surface area (Å²) in [5, 5.41) is 2.85. The van der Waals surface area contributed by atoms with Gasteiger partial charge in [-0.1, -0.05) is 35.9 Å². The Balaban J connectivity index is 1.71. The first-order valence-corrected chi connectivity index (χ1v) is 9.62. The van der Waals surface area contributed by atoms with Crippen LogP contribution in [-0.4, -0.2) is 23.0 Å². The van der Waals surface area contributed by atoms with E-state index in [2.05, 4.69) is 10.3 Å². The Kier molecular flexibility index (Phi) is 6.47. The molecule has 3 rings (SSSR count). The quantitative estimate of drug-likeness (QED) is 0.586. The van der Waals surface area contributed by atoms with E-state index in [1.54, 1.807) is 24.3 Å². The molecular formula is C24H24N2O4. The number of carbonyl (C=O) groups is 2. The van der Waals surface area contributed by atoms with Crippen LogP contribution in [0.15, 0.2) is 60.8 Å². The van der Waals surface area contributed by atoms with Crippen molar-refractivity contribution in [2.75, 3.05) is 5.32 Å². The third-order valence-corrected chi connectivity index (χ3v) is 4.53. The highest BCUT2D eigenvalue weighted by Gasteiger charge is 2.23. The predicted octanol–water partition coefficient (Wildman–Crippen LogP) is 4.98. The van der Waals surface area contributed by atoms with Gasteiger partial charge in [-0.2, -0.15) is 0 Å². The molecule has 1 amide bonds. The molecule has 0 saturated carbocycles. The molecule has 1 unspecified atom stereocenters. The molecule has 6 nitrogen and oxygen atoms in total. The lowest BCUT2D eigenvalue weighted by molar-refractivity contribution is -0.123. The first-order valence-electron chi connectivity index (χ1n) is 9.62. The van der Waals surface area contributed by atoms with E-state index in [0.717, 1.165) is 22.4 Å². The number of rotatable bonds is 6. The molecule has 0 bridgehead atoms. The van der Waals surface area contributed by atoms with Crippen LogP contribution in [0.1, 0.15) is 34.0 Å². The number of hydrogen-bond donors (Lipinski definition) is 1. The molecule has 0 aliphatic rings. The van der Waals surface area contributed by atoms with Crippen molar-refractivity contribution in [1.82, 2.24) is 4.98 Å². The van der Waals surface area contributed by atoms with Crippen LogP contribution in [0.4, 0.5) is 5.69 Å². The van der Waals surface area contributed by atoms with Crippen molar-refractivity contribution in [3.63, 3.8) is 0 Å². The highest BCUT2D eigenvalue weighted by molar-refractivity contribution is 5.98. The normalized spacial score (nSPS) is 11.5. The van der Waals surface area contributed by atoms with Crippen LogP contribution in [0.3, 0.4) is 0 Å². The topological polar surface area (TPSA) is 77.5 Å². The third kappa shape index (κ3) is 5.03. The Morgan fingerprint density at radius 2 is 1.63 bits per heavy atom. The minimum absolute atomic E-state index is 0.117. The van der Waals surface area contributed by atoms with Gasteiger partial charge in [0.1, 0.15) is 11.3 Å². The molecule has 2 aromatic carbocycles. The Morgan fingerprint density at radius 3 is 2.30 bits per heavy atom. The number of nitrogens with one attached hydrogen (secondary N) is 1. The molecule has 0 radical (unpaired) electrons. The van der Waals surface area contributed by atoms with Gasteiger partial charge in [-0.3, -0.25) is 4.79 Å². The van der Waals surface area contributed by atoms with Crippen molar-refractivity contribution in [2.24, 2.45) is 0 Å². The van der Waals surface area contributed by atoms with Gasteiger partial charge < -0.3 is 14.8 Å². The number of para-hydroxylation sites is 1. The van der Waals surface area contributed by atoms with Gasteiger partial charge in [0.15, 0.2) is 6.10 Å². The molecule has 1 heterocycles. The largest absolute Gasteiger partial charge is 0.449 e. The third-order valence-electron chi connectivity index (χ3n) is 4.53. The summed E-state index contributed by atoms with van der Waals surface area (Å²) in [6.45, 7) is 7.38. The second-order valence-corrected chi connectivity index (χ2v) is 7.08. The van der Waals surface area contributed by atoms with E-state index in [-0.39, 0.29) is 11.4 Å². The molecule has 1 N–H and O–H groups in total. The van der Waals surface area contributed by atoms with Gasteiger partial charge in [-0.05, 0) is 63.1 Å². The minimum Gasteiger partial charge on any atom is -0.449 e. The van der Waals surface area contributed by atoms with Crippen LogP contribution in [0.2, 0.25) is 0 Å². The Bertz CT molecular complexity index is 1040. The smallest absolute Gasteiger partial charge is 0.344 e. The lowest BCUT2D eigenvalue weighted by Gasteiger charge is -2.17. The summed E-state index contributed by atoms with van der Waals surface area (Å²) in [4.78, 5) is 29.4. The van der Waals surface area contributed by atoms with Gasteiger partial charge in [-0.15, -0.1) is 0 Å². The monoisotopic (exact) mass is 404 g/mol. The highest BCUT2D eigenvalue weighted by Crippen LogP contribution is 2.24. The summed E-state index contributed by atoms with van der Waals surface area (Å²) < 4.78 is 11.1. The molecule has 1 aromatic heterocycles. The number of benzene rings is 2. The Labute approximate surface area is 175 Å². The maximum Gasteiger partial charge on any atom is 0.344 e. The number of aryl methyl sites for hydroxylation is 3. The van der Waals surface area contributed by atoms with E-state index in [4.69, 9.17) is 9.47 Å². The molecular weight excluding hydrogens is 380 g/mol. The maximum atomic E-state index is 12.7. The zero-order chi connectivity index (χ0) is 21.7. The maximum absolute atomic E-state index is 12.7. The second kappa shape index (κ2) is 9.22. The van der Waals surface area contributed by atoms with Gasteiger partial charge >= 0.3 is 5.97 Å². The van der Waals surface area contributed by atoms with Crippen LogP contribution >= 0.6 is 0 Å². The Morgan fingerprint density at radius 1 is 0.967 bits per heavy atom. The molecule has 0 aliphatic heterocycles. The molecule has 6 heteroatoms. The second-order valence-electron chi connectivity index (χ2n) is 7.08. The van der Waals surface area contributed by atoms with E-state index in [0.29, 0.717) is 5.75 Å². The van der Waals surface area contributed by atoms with Crippen molar-refractivity contribution in [1.29, 1.82) is 0 Å². The molecule has 1 atom stereocenters. The summed E-state index contributed by atoms with van der Waals surface area (Å²) in [5.74, 6) is -0.435. The van der Waals surface area contributed by atoms with Crippen molar-refractivity contribution in [3.8, 4) is 11.6 Å². The van der Waals surface area contributed by atoms with Crippen LogP contribution < -0.4 is 10.1 Å². The van der Waals surface area contributed by atoms with Gasteiger partial charge in [-0.25, -0.2) is 9.78 Å². The van der Waals surface area contributed by atoms with Crippen LogP contribution in [-0.2, 0) is 9.53 Å². The molecule has 0 saturated heterocycles. The van der Waals surface area contributed by atoms with Gasteiger partial charge in [0.05, 0.1) is 0 Å². The molecule has 3 aromatic rings. The first kappa shape index (κ1) is 21.0. The van der Waals surface area contributed by atoms with E-state index in [9.17, 15) is 9.59 Å². The molecule has 154 valence electrons. The molecule has 30 heavy (non-hydrogen) atoms. The predicted molar refractivity (Wildman–Crippen MR) is 115 cm³/mol. The SMILES string of the molecule is Cc1cc(C)c(NC(=O)C(C)OC(=O)c2cccnc2Oc2ccccc2)c(C)c1. The fraction of sp³-hybridized carbons (Fsp3) is 0.208. The number of hydrogen-bond acceptors (Lipinski definition) is 5. The minimum atomic E-state index is -0.998. The summed E-state index contributed by atoms with van der Waals surface area (Å²) in [6, 6.07) is 16.1. The molecule has 0 spiro atoms. The fourth-order valence-corrected chi connectivity index (χ4v) is 3.11. The molecule has 0 fully saturated rings. The van der Waals surface area contributed by atoms with Crippen molar-refractivity contribution in [3.05, 3.63) is 83.0 Å². The first-order chi connectivity index (χ1) is 14.3. The lowest BCUT2D eigenvalue weighted by Crippen LogP contribution is -2.30. The summed E-state index contributed by atoms with van der Waals surface area (Å²) in [6.07, 6.45) is 0.524. The summed E-state index contributed by atoms with van der Waals surface area (Å²) >= 11 is 0. The van der Waals surface area contributed by atoms with Crippen molar-refractivity contribution < 1.29 is 19.1 Å².